The molecule has 1 aromatic rings. The Morgan fingerprint density at radius 1 is 0.833 bits per heavy atom. The van der Waals surface area contributed by atoms with E-state index in [0.717, 1.165) is 18.8 Å². The predicted octanol–water partition coefficient (Wildman–Crippen LogP) is 6.82. The molecule has 0 aliphatic heterocycles. The van der Waals surface area contributed by atoms with Crippen LogP contribution in [-0.2, 0) is 16.7 Å². The highest BCUT2D eigenvalue weighted by Gasteiger charge is 2.32. The molecule has 176 valence electrons. The molecule has 0 saturated carbocycles. The van der Waals surface area contributed by atoms with Crippen LogP contribution in [0, 0.1) is 6.92 Å². The number of H-pyrrole nitrogens is 1. The van der Waals surface area contributed by atoms with E-state index in [-0.39, 0.29) is 0 Å². The summed E-state index contributed by atoms with van der Waals surface area (Å²) < 4.78 is 35.3. The molecule has 0 aromatic carbocycles. The fourth-order valence-corrected chi connectivity index (χ4v) is 5.30. The van der Waals surface area contributed by atoms with E-state index in [2.05, 4.69) is 11.9 Å². The maximum Gasteiger partial charge on any atom is 0.275 e. The third kappa shape index (κ3) is 10.9. The topological polar surface area (TPSA) is 74.0 Å². The van der Waals surface area contributed by atoms with E-state index >= 15 is 0 Å². The molecule has 1 unspecified atom stereocenters. The van der Waals surface area contributed by atoms with Crippen molar-refractivity contribution in [1.82, 2.24) is 4.98 Å². The first-order chi connectivity index (χ1) is 14.4. The van der Waals surface area contributed by atoms with Gasteiger partial charge in [0.25, 0.3) is 15.9 Å². The lowest BCUT2D eigenvalue weighted by Gasteiger charge is -2.12. The van der Waals surface area contributed by atoms with Gasteiger partial charge in [0.1, 0.15) is 6.20 Å². The Hall–Kier alpha value is -0.880. The average molecular weight is 444 g/mol. The Kier molecular flexibility index (Phi) is 14.3. The van der Waals surface area contributed by atoms with Crippen molar-refractivity contribution in [2.45, 2.75) is 135 Å². The minimum Gasteiger partial charge on any atom is -0.285 e. The van der Waals surface area contributed by atoms with E-state index in [1.165, 1.54) is 83.5 Å². The van der Waals surface area contributed by atoms with E-state index in [0.29, 0.717) is 18.5 Å². The van der Waals surface area contributed by atoms with Gasteiger partial charge in [-0.05, 0) is 19.3 Å². The van der Waals surface area contributed by atoms with Crippen molar-refractivity contribution >= 4 is 10.1 Å². The number of unbranched alkanes of at least 4 members (excludes halogenated alkanes) is 13. The molecule has 30 heavy (non-hydrogen) atoms. The Balaban J connectivity index is 2.18. The molecule has 1 atom stereocenters. The molecule has 6 heteroatoms. The fourth-order valence-electron chi connectivity index (χ4n) is 4.27. The largest absolute Gasteiger partial charge is 0.285 e. The number of hydrogen-bond donors (Lipinski definition) is 2. The van der Waals surface area contributed by atoms with Crippen molar-refractivity contribution in [2.75, 3.05) is 0 Å². The van der Waals surface area contributed by atoms with Gasteiger partial charge < -0.3 is 0 Å². The maximum atomic E-state index is 11.8. The molecule has 2 N–H and O–H groups in total. The zero-order valence-corrected chi connectivity index (χ0v) is 20.6. The zero-order valence-electron chi connectivity index (χ0n) is 19.8. The molecule has 1 heterocycles. The lowest BCUT2D eigenvalue weighted by Crippen LogP contribution is -2.41. The lowest BCUT2D eigenvalue weighted by molar-refractivity contribution is -0.709. The first-order valence-corrected chi connectivity index (χ1v) is 14.0. The molecular formula is C24H47N2O3S+. The molecule has 0 amide bonds. The highest BCUT2D eigenvalue weighted by molar-refractivity contribution is 7.86. The lowest BCUT2D eigenvalue weighted by atomic mass is 10.0. The molecular weight excluding hydrogens is 396 g/mol. The number of imidazole rings is 1. The summed E-state index contributed by atoms with van der Waals surface area (Å²) in [5, 5.41) is -0.834. The van der Waals surface area contributed by atoms with Crippen molar-refractivity contribution in [3.8, 4) is 0 Å². The molecule has 1 rings (SSSR count). The van der Waals surface area contributed by atoms with Gasteiger partial charge in [-0.25, -0.2) is 9.55 Å². The first kappa shape index (κ1) is 27.2. The number of nitrogens with zero attached hydrogens (tertiary/aromatic N) is 1. The van der Waals surface area contributed by atoms with E-state index < -0.39 is 15.4 Å². The number of hydrogen-bond acceptors (Lipinski definition) is 2. The van der Waals surface area contributed by atoms with Crippen LogP contribution < -0.4 is 4.57 Å². The minimum absolute atomic E-state index is 0.439. The standard InChI is InChI=1S/C24H46N2O3S/c1-4-6-7-8-9-10-11-12-13-14-15-16-17-18-20-26-22(3)25-21-23(26)24(19-5-2)30(27,28)29/h21,24H,4-20H2,1-3H3,(H,27,28,29)/p+1. The molecule has 0 radical (unpaired) electrons. The van der Waals surface area contributed by atoms with Gasteiger partial charge >= 0.3 is 0 Å². The van der Waals surface area contributed by atoms with Crippen molar-refractivity contribution < 1.29 is 17.5 Å². The van der Waals surface area contributed by atoms with Crippen LogP contribution in [0.4, 0.5) is 0 Å². The average Bonchev–Trinajstić information content (AvgIpc) is 3.05. The maximum absolute atomic E-state index is 11.8. The van der Waals surface area contributed by atoms with Gasteiger partial charge in [-0.2, -0.15) is 8.42 Å². The van der Waals surface area contributed by atoms with Crippen LogP contribution in [0.2, 0.25) is 0 Å². The monoisotopic (exact) mass is 443 g/mol. The molecule has 0 aliphatic rings. The molecule has 0 bridgehead atoms. The summed E-state index contributed by atoms with van der Waals surface area (Å²) in [5.41, 5.74) is 0.687. The third-order valence-corrected chi connectivity index (χ3v) is 7.32. The number of aryl methyl sites for hydroxylation is 1. The van der Waals surface area contributed by atoms with Crippen LogP contribution in [0.15, 0.2) is 6.20 Å². The van der Waals surface area contributed by atoms with Gasteiger partial charge in [0.05, 0.1) is 6.54 Å². The molecule has 0 saturated heterocycles. The number of nitrogens with one attached hydrogen (secondary N) is 1. The van der Waals surface area contributed by atoms with E-state index in [1.54, 1.807) is 6.20 Å². The zero-order chi connectivity index (χ0) is 22.2. The quantitative estimate of drug-likeness (QED) is 0.140. The first-order valence-electron chi connectivity index (χ1n) is 12.5. The van der Waals surface area contributed by atoms with Crippen LogP contribution in [0.3, 0.4) is 0 Å². The summed E-state index contributed by atoms with van der Waals surface area (Å²) in [6, 6.07) is 0. The van der Waals surface area contributed by atoms with E-state index in [9.17, 15) is 13.0 Å². The van der Waals surface area contributed by atoms with Crippen molar-refractivity contribution in [1.29, 1.82) is 0 Å². The number of aromatic nitrogens is 2. The van der Waals surface area contributed by atoms with Gasteiger partial charge in [0.2, 0.25) is 0 Å². The molecule has 0 spiro atoms. The van der Waals surface area contributed by atoms with Crippen LogP contribution in [0.25, 0.3) is 0 Å². The molecule has 0 aliphatic carbocycles. The second kappa shape index (κ2) is 15.9. The molecule has 1 aromatic heterocycles. The number of rotatable bonds is 19. The molecule has 0 fully saturated rings. The smallest absolute Gasteiger partial charge is 0.275 e. The van der Waals surface area contributed by atoms with Crippen LogP contribution >= 0.6 is 0 Å². The second-order valence-corrected chi connectivity index (χ2v) is 10.4. The van der Waals surface area contributed by atoms with Crippen LogP contribution in [-0.4, -0.2) is 18.0 Å². The predicted molar refractivity (Wildman–Crippen MR) is 125 cm³/mol. The summed E-state index contributed by atoms with van der Waals surface area (Å²) in [6.45, 7) is 6.97. The Morgan fingerprint density at radius 2 is 1.30 bits per heavy atom. The van der Waals surface area contributed by atoms with Gasteiger partial charge in [0.15, 0.2) is 10.9 Å². The second-order valence-electron chi connectivity index (χ2n) is 8.84. The normalized spacial score (nSPS) is 13.1. The highest BCUT2D eigenvalue weighted by Crippen LogP contribution is 2.24. The van der Waals surface area contributed by atoms with Crippen LogP contribution in [0.1, 0.15) is 133 Å². The van der Waals surface area contributed by atoms with Gasteiger partial charge in [-0.1, -0.05) is 97.3 Å². The Labute approximate surface area is 185 Å². The Bertz CT molecular complexity index is 655. The van der Waals surface area contributed by atoms with Gasteiger partial charge in [-0.15, -0.1) is 0 Å². The van der Waals surface area contributed by atoms with Gasteiger partial charge in [-0.3, -0.25) is 4.55 Å². The van der Waals surface area contributed by atoms with Crippen LogP contribution in [0.5, 0.6) is 0 Å². The van der Waals surface area contributed by atoms with Crippen molar-refractivity contribution in [2.24, 2.45) is 0 Å². The number of aromatic amines is 1. The van der Waals surface area contributed by atoms with Crippen molar-refractivity contribution in [3.05, 3.63) is 17.7 Å². The SMILES string of the molecule is CCCCCCCCCCCCCCCC[n+]1c(C(CCC)S(=O)(=O)O)c[nH]c1C. The van der Waals surface area contributed by atoms with Crippen molar-refractivity contribution in [3.63, 3.8) is 0 Å². The summed E-state index contributed by atoms with van der Waals surface area (Å²) in [4.78, 5) is 3.14. The fraction of sp³-hybridized carbons (Fsp3) is 0.875. The molecule has 5 nitrogen and oxygen atoms in total. The van der Waals surface area contributed by atoms with E-state index in [1.807, 2.05) is 18.4 Å². The Morgan fingerprint density at radius 3 is 1.73 bits per heavy atom. The summed E-state index contributed by atoms with van der Waals surface area (Å²) in [7, 11) is -4.09. The minimum atomic E-state index is -4.09. The summed E-state index contributed by atoms with van der Waals surface area (Å²) >= 11 is 0. The van der Waals surface area contributed by atoms with E-state index in [4.69, 9.17) is 0 Å². The summed E-state index contributed by atoms with van der Waals surface area (Å²) in [6.07, 6.45) is 21.5. The van der Waals surface area contributed by atoms with Gasteiger partial charge in [0, 0.05) is 6.92 Å². The summed E-state index contributed by atoms with van der Waals surface area (Å²) in [5.74, 6) is 0.949. The highest BCUT2D eigenvalue weighted by atomic mass is 32.2. The third-order valence-electron chi connectivity index (χ3n) is 6.12.